The lowest BCUT2D eigenvalue weighted by Gasteiger charge is -2.49. The summed E-state index contributed by atoms with van der Waals surface area (Å²) in [7, 11) is 1.76. The van der Waals surface area contributed by atoms with Crippen LogP contribution in [0.5, 0.6) is 0 Å². The van der Waals surface area contributed by atoms with E-state index < -0.39 is 0 Å². The van der Waals surface area contributed by atoms with Crippen LogP contribution in [-0.4, -0.2) is 49.4 Å². The Hall–Kier alpha value is -3.70. The van der Waals surface area contributed by atoms with Crippen LogP contribution in [0.25, 0.3) is 21.8 Å². The smallest absolute Gasteiger partial charge is 0.252 e. The number of piperazine rings is 1. The number of aromatic nitrogens is 4. The molecular weight excluding hydrogens is 462 g/mol. The molecule has 1 aliphatic heterocycles. The van der Waals surface area contributed by atoms with E-state index in [0.717, 1.165) is 54.0 Å². The first-order valence-electron chi connectivity index (χ1n) is 13.2. The lowest BCUT2D eigenvalue weighted by molar-refractivity contribution is 0.0992. The van der Waals surface area contributed by atoms with Crippen LogP contribution in [-0.2, 0) is 13.6 Å². The topological polar surface area (TPSA) is 83.0 Å². The van der Waals surface area contributed by atoms with Crippen molar-refractivity contribution in [1.29, 1.82) is 5.26 Å². The molecule has 3 aromatic heterocycles. The maximum Gasteiger partial charge on any atom is 0.252 e. The first-order valence-corrected chi connectivity index (χ1v) is 13.2. The van der Waals surface area contributed by atoms with Crippen LogP contribution in [0.15, 0.2) is 47.4 Å². The van der Waals surface area contributed by atoms with Gasteiger partial charge < -0.3 is 9.47 Å². The molecule has 5 rings (SSSR count). The Kier molecular flexibility index (Phi) is 6.74. The molecule has 4 aromatic rings. The molecule has 0 aliphatic carbocycles. The Morgan fingerprint density at radius 2 is 1.89 bits per heavy atom. The molecule has 192 valence electrons. The maximum atomic E-state index is 12.9. The van der Waals surface area contributed by atoms with Gasteiger partial charge in [-0.25, -0.2) is 0 Å². The van der Waals surface area contributed by atoms with Crippen molar-refractivity contribution >= 4 is 27.5 Å². The number of pyridine rings is 2. The number of hydrogen-bond acceptors (Lipinski definition) is 6. The van der Waals surface area contributed by atoms with Crippen LogP contribution in [0.4, 0.5) is 5.69 Å². The number of nitrogens with zero attached hydrogens (tertiary/aromatic N) is 7. The fraction of sp³-hybridized carbons (Fsp3) is 0.448. The molecule has 3 atom stereocenters. The van der Waals surface area contributed by atoms with Crippen LogP contribution in [0.1, 0.15) is 51.0 Å². The highest BCUT2D eigenvalue weighted by molar-refractivity contribution is 5.88. The van der Waals surface area contributed by atoms with Gasteiger partial charge in [0.1, 0.15) is 12.1 Å². The molecule has 4 heterocycles. The molecule has 1 aromatic carbocycles. The van der Waals surface area contributed by atoms with E-state index in [1.54, 1.807) is 28.6 Å². The second-order valence-corrected chi connectivity index (χ2v) is 10.1. The monoisotopic (exact) mass is 497 g/mol. The highest BCUT2D eigenvalue weighted by atomic mass is 16.1. The van der Waals surface area contributed by atoms with Gasteiger partial charge in [0.25, 0.3) is 5.56 Å². The minimum absolute atomic E-state index is 0.0615. The third kappa shape index (κ3) is 4.38. The van der Waals surface area contributed by atoms with Crippen molar-refractivity contribution in [2.24, 2.45) is 7.05 Å². The van der Waals surface area contributed by atoms with E-state index >= 15 is 0 Å². The number of aryl methyl sites for hydroxylation is 2. The predicted octanol–water partition coefficient (Wildman–Crippen LogP) is 4.56. The third-order valence-corrected chi connectivity index (χ3v) is 8.04. The third-order valence-electron chi connectivity index (χ3n) is 8.04. The lowest BCUT2D eigenvalue weighted by Crippen LogP contribution is -2.59. The molecule has 0 bridgehead atoms. The van der Waals surface area contributed by atoms with Crippen molar-refractivity contribution in [1.82, 2.24) is 24.2 Å². The molecule has 1 aliphatic rings. The van der Waals surface area contributed by atoms with Gasteiger partial charge in [-0.05, 0) is 38.1 Å². The normalized spacial score (nSPS) is 19.4. The summed E-state index contributed by atoms with van der Waals surface area (Å²) < 4.78 is 3.24. The zero-order valence-corrected chi connectivity index (χ0v) is 22.3. The summed E-state index contributed by atoms with van der Waals surface area (Å²) in [6.07, 6.45) is 3.73. The zero-order valence-electron chi connectivity index (χ0n) is 22.3. The van der Waals surface area contributed by atoms with Crippen LogP contribution in [0, 0.1) is 18.3 Å². The van der Waals surface area contributed by atoms with Crippen LogP contribution in [0.3, 0.4) is 0 Å². The quantitative estimate of drug-likeness (QED) is 0.389. The van der Waals surface area contributed by atoms with Crippen LogP contribution < -0.4 is 10.5 Å². The molecule has 0 saturated carbocycles. The van der Waals surface area contributed by atoms with Crippen molar-refractivity contribution in [2.45, 2.75) is 65.2 Å². The number of benzene rings is 1. The van der Waals surface area contributed by atoms with E-state index in [2.05, 4.69) is 73.9 Å². The van der Waals surface area contributed by atoms with Gasteiger partial charge >= 0.3 is 0 Å². The van der Waals surface area contributed by atoms with E-state index in [1.807, 2.05) is 0 Å². The predicted molar refractivity (Wildman–Crippen MR) is 148 cm³/mol. The van der Waals surface area contributed by atoms with Crippen molar-refractivity contribution in [3.63, 3.8) is 0 Å². The molecule has 37 heavy (non-hydrogen) atoms. The van der Waals surface area contributed by atoms with Gasteiger partial charge in [0.05, 0.1) is 29.2 Å². The summed E-state index contributed by atoms with van der Waals surface area (Å²) in [5.74, 6) is 0. The molecule has 1 fully saturated rings. The second kappa shape index (κ2) is 9.98. The molecular formula is C29H35N7O. The number of anilines is 1. The van der Waals surface area contributed by atoms with Gasteiger partial charge in [-0.1, -0.05) is 38.1 Å². The maximum absolute atomic E-state index is 12.9. The number of fused-ring (bicyclic) bond motifs is 2. The minimum Gasteiger partial charge on any atom is -0.364 e. The molecule has 0 radical (unpaired) electrons. The van der Waals surface area contributed by atoms with Crippen LogP contribution >= 0.6 is 0 Å². The SMILES string of the molecule is CC[C@H]1CN(C(C)c2cc3ccccc3c(C)n2)[C@H](CC)CN1c1cc(=O)n(C)c2cn(CC#N)nc12. The Bertz CT molecular complexity index is 1550. The van der Waals surface area contributed by atoms with Gasteiger partial charge in [-0.2, -0.15) is 10.4 Å². The standard InChI is InChI=1S/C29H35N7O/c1-6-22-17-36(26-15-28(37)33(5)27-18-34(13-12-30)32-29(26)27)23(7-2)16-35(22)20(4)25-14-21-10-8-9-11-24(21)19(3)31-25/h8-11,14-15,18,20,22-23H,6-7,13,16-17H2,1-5H3/t20?,22-,23+/m1/s1. The number of hydrogen-bond donors (Lipinski definition) is 0. The first-order chi connectivity index (χ1) is 17.9. The van der Waals surface area contributed by atoms with E-state index in [1.165, 1.54) is 10.8 Å². The van der Waals surface area contributed by atoms with Gasteiger partial charge in [0.2, 0.25) is 0 Å². The van der Waals surface area contributed by atoms with Gasteiger partial charge in [-0.3, -0.25) is 19.4 Å². The Balaban J connectivity index is 1.52. The number of nitriles is 1. The average molecular weight is 498 g/mol. The van der Waals surface area contributed by atoms with Crippen molar-refractivity contribution in [2.75, 3.05) is 18.0 Å². The Morgan fingerprint density at radius 1 is 1.14 bits per heavy atom. The highest BCUT2D eigenvalue weighted by Gasteiger charge is 2.36. The highest BCUT2D eigenvalue weighted by Crippen LogP contribution is 2.34. The Labute approximate surface area is 217 Å². The lowest BCUT2D eigenvalue weighted by atomic mass is 9.97. The zero-order chi connectivity index (χ0) is 26.3. The second-order valence-electron chi connectivity index (χ2n) is 10.1. The molecule has 0 amide bonds. The van der Waals surface area contributed by atoms with Gasteiger partial charge in [0.15, 0.2) is 0 Å². The van der Waals surface area contributed by atoms with Crippen molar-refractivity contribution in [3.05, 3.63) is 64.3 Å². The fourth-order valence-electron chi connectivity index (χ4n) is 5.85. The molecule has 0 spiro atoms. The van der Waals surface area contributed by atoms with Crippen molar-refractivity contribution < 1.29 is 0 Å². The molecule has 0 N–H and O–H groups in total. The Morgan fingerprint density at radius 3 is 2.62 bits per heavy atom. The summed E-state index contributed by atoms with van der Waals surface area (Å²) >= 11 is 0. The molecule has 1 saturated heterocycles. The van der Waals surface area contributed by atoms with E-state index in [-0.39, 0.29) is 24.2 Å². The number of rotatable bonds is 6. The summed E-state index contributed by atoms with van der Waals surface area (Å²) in [5.41, 5.74) is 4.50. The molecule has 1 unspecified atom stereocenters. The van der Waals surface area contributed by atoms with E-state index in [9.17, 15) is 10.1 Å². The fourth-order valence-corrected chi connectivity index (χ4v) is 5.85. The van der Waals surface area contributed by atoms with Crippen molar-refractivity contribution in [3.8, 4) is 6.07 Å². The molecule has 8 heteroatoms. The van der Waals surface area contributed by atoms with Gasteiger partial charge in [-0.15, -0.1) is 0 Å². The summed E-state index contributed by atoms with van der Waals surface area (Å²) in [6, 6.07) is 15.2. The van der Waals surface area contributed by atoms with Crippen LogP contribution in [0.2, 0.25) is 0 Å². The molecule has 8 nitrogen and oxygen atoms in total. The summed E-state index contributed by atoms with van der Waals surface area (Å²) in [6.45, 7) is 10.6. The first kappa shape index (κ1) is 25.0. The minimum atomic E-state index is -0.0615. The largest absolute Gasteiger partial charge is 0.364 e. The summed E-state index contributed by atoms with van der Waals surface area (Å²) in [5, 5.41) is 16.3. The van der Waals surface area contributed by atoms with E-state index in [0.29, 0.717) is 6.04 Å². The van der Waals surface area contributed by atoms with E-state index in [4.69, 9.17) is 10.1 Å². The average Bonchev–Trinajstić information content (AvgIpc) is 3.34. The summed E-state index contributed by atoms with van der Waals surface area (Å²) in [4.78, 5) is 22.9. The van der Waals surface area contributed by atoms with Gasteiger partial charge in [0, 0.05) is 55.4 Å².